The van der Waals surface area contributed by atoms with Gasteiger partial charge in [0.05, 0.1) is 56.3 Å². The van der Waals surface area contributed by atoms with Crippen LogP contribution in [0.15, 0.2) is 77.1 Å². The SMILES string of the molecule is CCOC(=O)C1=C(COCCNC(=O)OCCCCNCC(O)COc2ccccc2)NC(C)=C(C(=O)OC)C1c1ccccc1Cl.Cl. The van der Waals surface area contributed by atoms with E-state index >= 15 is 0 Å². The normalized spacial score (nSPS) is 14.7. The van der Waals surface area contributed by atoms with E-state index in [-0.39, 0.29) is 63.1 Å². The molecule has 0 spiro atoms. The van der Waals surface area contributed by atoms with E-state index in [0.717, 1.165) is 6.42 Å². The van der Waals surface area contributed by atoms with Gasteiger partial charge in [-0.15, -0.1) is 12.4 Å². The summed E-state index contributed by atoms with van der Waals surface area (Å²) < 4.78 is 26.9. The number of halogens is 2. The number of dihydropyridines is 1. The maximum atomic E-state index is 13.2. The Morgan fingerprint density at radius 2 is 1.69 bits per heavy atom. The highest BCUT2D eigenvalue weighted by Gasteiger charge is 2.39. The number of alkyl carbamates (subject to hydrolysis) is 1. The molecule has 0 saturated heterocycles. The van der Waals surface area contributed by atoms with E-state index < -0.39 is 30.1 Å². The van der Waals surface area contributed by atoms with E-state index in [9.17, 15) is 19.5 Å². The first-order chi connectivity index (χ1) is 22.8. The van der Waals surface area contributed by atoms with Crippen molar-refractivity contribution in [1.82, 2.24) is 16.0 Å². The van der Waals surface area contributed by atoms with Crippen molar-refractivity contribution in [1.29, 1.82) is 0 Å². The summed E-state index contributed by atoms with van der Waals surface area (Å²) in [5.74, 6) is -1.37. The van der Waals surface area contributed by atoms with Gasteiger partial charge in [0, 0.05) is 23.8 Å². The Kier molecular flexibility index (Phi) is 18.5. The van der Waals surface area contributed by atoms with Gasteiger partial charge in [-0.25, -0.2) is 14.4 Å². The van der Waals surface area contributed by atoms with E-state index in [0.29, 0.717) is 47.2 Å². The zero-order valence-corrected chi connectivity index (χ0v) is 29.0. The van der Waals surface area contributed by atoms with Crippen LogP contribution in [0.4, 0.5) is 4.79 Å². The van der Waals surface area contributed by atoms with Gasteiger partial charge >= 0.3 is 18.0 Å². The number of aliphatic hydroxyl groups excluding tert-OH is 1. The zero-order chi connectivity index (χ0) is 34.0. The summed E-state index contributed by atoms with van der Waals surface area (Å²) >= 11 is 6.53. The third-order valence-electron chi connectivity index (χ3n) is 7.07. The van der Waals surface area contributed by atoms with Crippen molar-refractivity contribution in [3.05, 3.63) is 87.7 Å². The maximum absolute atomic E-state index is 13.2. The number of hydrogen-bond donors (Lipinski definition) is 4. The van der Waals surface area contributed by atoms with Crippen LogP contribution in [0.2, 0.25) is 5.02 Å². The van der Waals surface area contributed by atoms with E-state index in [1.807, 2.05) is 30.3 Å². The molecule has 264 valence electrons. The molecule has 1 aliphatic heterocycles. The minimum atomic E-state index is -0.850. The molecule has 1 heterocycles. The first kappa shape index (κ1) is 40.4. The second-order valence-electron chi connectivity index (χ2n) is 10.5. The summed E-state index contributed by atoms with van der Waals surface area (Å²) in [5, 5.41) is 19.3. The fraction of sp³-hybridized carbons (Fsp3) is 0.441. The number of aliphatic hydroxyl groups is 1. The number of para-hydroxylation sites is 1. The average Bonchev–Trinajstić information content (AvgIpc) is 3.07. The zero-order valence-electron chi connectivity index (χ0n) is 27.4. The van der Waals surface area contributed by atoms with Crippen LogP contribution >= 0.6 is 24.0 Å². The quantitative estimate of drug-likeness (QED) is 0.0940. The van der Waals surface area contributed by atoms with Crippen LogP contribution < -0.4 is 20.7 Å². The summed E-state index contributed by atoms with van der Waals surface area (Å²) in [6, 6.07) is 16.3. The molecule has 0 saturated carbocycles. The predicted octanol–water partition coefficient (Wildman–Crippen LogP) is 4.27. The summed E-state index contributed by atoms with van der Waals surface area (Å²) in [4.78, 5) is 38.2. The number of hydrogen-bond acceptors (Lipinski definition) is 11. The third-order valence-corrected chi connectivity index (χ3v) is 7.41. The van der Waals surface area contributed by atoms with E-state index in [2.05, 4.69) is 16.0 Å². The smallest absolute Gasteiger partial charge is 0.407 e. The van der Waals surface area contributed by atoms with Crippen molar-refractivity contribution in [2.24, 2.45) is 0 Å². The van der Waals surface area contributed by atoms with Gasteiger partial charge in [-0.1, -0.05) is 48.0 Å². The van der Waals surface area contributed by atoms with E-state index in [1.165, 1.54) is 7.11 Å². The molecule has 0 aliphatic carbocycles. The first-order valence-corrected chi connectivity index (χ1v) is 15.9. The predicted molar refractivity (Wildman–Crippen MR) is 183 cm³/mol. The Hall–Kier alpha value is -3.81. The molecule has 48 heavy (non-hydrogen) atoms. The third kappa shape index (κ3) is 12.7. The van der Waals surface area contributed by atoms with Crippen LogP contribution in [0.3, 0.4) is 0 Å². The van der Waals surface area contributed by atoms with Crippen molar-refractivity contribution in [3.63, 3.8) is 0 Å². The molecule has 12 nitrogen and oxygen atoms in total. The number of esters is 2. The minimum absolute atomic E-state index is 0. The number of nitrogens with one attached hydrogen (secondary N) is 3. The van der Waals surface area contributed by atoms with Crippen molar-refractivity contribution < 1.29 is 43.2 Å². The molecular formula is C34H45Cl2N3O9. The highest BCUT2D eigenvalue weighted by atomic mass is 35.5. The number of carbonyl (C=O) groups excluding carboxylic acids is 3. The standard InChI is InChI=1S/C34H44ClN3O9.ClH/c1-4-45-33(41)31-28(38-23(2)29(32(40)43-3)30(31)26-14-8-9-15-27(26)35)22-44-19-17-37-34(42)46-18-11-10-16-36-20-24(39)21-47-25-12-6-5-7-13-25;/h5-9,12-15,24,30,36,38-39H,4,10-11,16-22H2,1-3H3,(H,37,42);1H. The van der Waals surface area contributed by atoms with Gasteiger partial charge in [0.2, 0.25) is 0 Å². The van der Waals surface area contributed by atoms with Gasteiger partial charge in [0.15, 0.2) is 0 Å². The monoisotopic (exact) mass is 709 g/mol. The molecule has 2 aromatic carbocycles. The highest BCUT2D eigenvalue weighted by molar-refractivity contribution is 6.31. The molecular weight excluding hydrogens is 665 g/mol. The van der Waals surface area contributed by atoms with Gasteiger partial charge in [-0.3, -0.25) is 0 Å². The first-order valence-electron chi connectivity index (χ1n) is 15.5. The van der Waals surface area contributed by atoms with Gasteiger partial charge in [0.1, 0.15) is 18.5 Å². The number of unbranched alkanes of at least 4 members (excludes halogenated alkanes) is 1. The molecule has 1 aliphatic rings. The second-order valence-corrected chi connectivity index (χ2v) is 10.9. The highest BCUT2D eigenvalue weighted by Crippen LogP contribution is 2.41. The van der Waals surface area contributed by atoms with Crippen LogP contribution in [0.5, 0.6) is 5.75 Å². The van der Waals surface area contributed by atoms with Gasteiger partial charge < -0.3 is 44.7 Å². The lowest BCUT2D eigenvalue weighted by atomic mass is 9.80. The molecule has 0 bridgehead atoms. The number of methoxy groups -OCH3 is 1. The average molecular weight is 711 g/mol. The number of ether oxygens (including phenoxy) is 5. The maximum Gasteiger partial charge on any atom is 0.407 e. The summed E-state index contributed by atoms with van der Waals surface area (Å²) in [7, 11) is 1.27. The summed E-state index contributed by atoms with van der Waals surface area (Å²) in [6.07, 6.45) is 0.200. The Bertz CT molecular complexity index is 1390. The largest absolute Gasteiger partial charge is 0.491 e. The van der Waals surface area contributed by atoms with Crippen molar-refractivity contribution >= 4 is 42.0 Å². The van der Waals surface area contributed by atoms with Gasteiger partial charge in [0.25, 0.3) is 0 Å². The molecule has 0 aromatic heterocycles. The van der Waals surface area contributed by atoms with Gasteiger partial charge in [-0.2, -0.15) is 0 Å². The number of carbonyl (C=O) groups is 3. The molecule has 2 aromatic rings. The van der Waals surface area contributed by atoms with E-state index in [4.69, 9.17) is 35.3 Å². The van der Waals surface area contributed by atoms with Crippen molar-refractivity contribution in [2.45, 2.75) is 38.7 Å². The Morgan fingerprint density at radius 1 is 0.958 bits per heavy atom. The molecule has 0 fully saturated rings. The molecule has 1 amide bonds. The van der Waals surface area contributed by atoms with Crippen molar-refractivity contribution in [2.75, 3.05) is 59.8 Å². The Balaban J connectivity index is 0.00000800. The van der Waals surface area contributed by atoms with Gasteiger partial charge in [-0.05, 0) is 57.0 Å². The molecule has 0 radical (unpaired) electrons. The number of benzene rings is 2. The number of allylic oxidation sites excluding steroid dienone is 1. The number of amides is 1. The lowest BCUT2D eigenvalue weighted by Gasteiger charge is -2.31. The second kappa shape index (κ2) is 21.9. The topological polar surface area (TPSA) is 154 Å². The minimum Gasteiger partial charge on any atom is -0.491 e. The van der Waals surface area contributed by atoms with Crippen LogP contribution in [0.1, 0.15) is 38.2 Å². The number of rotatable bonds is 19. The fourth-order valence-corrected chi connectivity index (χ4v) is 5.11. The molecule has 14 heteroatoms. The Labute approximate surface area is 292 Å². The molecule has 4 N–H and O–H groups in total. The lowest BCUT2D eigenvalue weighted by molar-refractivity contribution is -0.139. The summed E-state index contributed by atoms with van der Waals surface area (Å²) in [6.45, 7) is 5.27. The molecule has 2 unspecified atom stereocenters. The van der Waals surface area contributed by atoms with Crippen molar-refractivity contribution in [3.8, 4) is 5.75 Å². The van der Waals surface area contributed by atoms with Crippen LogP contribution in [-0.2, 0) is 28.5 Å². The van der Waals surface area contributed by atoms with Crippen LogP contribution in [0, 0.1) is 0 Å². The molecule has 3 rings (SSSR count). The summed E-state index contributed by atoms with van der Waals surface area (Å²) in [5.41, 5.74) is 1.85. The lowest BCUT2D eigenvalue weighted by Crippen LogP contribution is -2.35. The van der Waals surface area contributed by atoms with Crippen LogP contribution in [-0.4, -0.2) is 89.0 Å². The van der Waals surface area contributed by atoms with Crippen LogP contribution in [0.25, 0.3) is 0 Å². The Morgan fingerprint density at radius 3 is 2.40 bits per heavy atom. The molecule has 2 atom stereocenters. The fourth-order valence-electron chi connectivity index (χ4n) is 4.87. The van der Waals surface area contributed by atoms with E-state index in [1.54, 1.807) is 38.1 Å².